The summed E-state index contributed by atoms with van der Waals surface area (Å²) < 4.78 is 27.4. The highest BCUT2D eigenvalue weighted by atomic mass is 32.2. The van der Waals surface area contributed by atoms with E-state index in [1.165, 1.54) is 17.2 Å². The first-order valence-electron chi connectivity index (χ1n) is 10.8. The SMILES string of the molecule is Cc1ccccc1/C=C/c1ccc(-c2ccc(/C=C/c3ccccc3S(=O)(=O)OO)cc2)cc1. The van der Waals surface area contributed by atoms with Crippen LogP contribution in [0.3, 0.4) is 0 Å². The van der Waals surface area contributed by atoms with E-state index in [0.717, 1.165) is 22.3 Å². The molecule has 0 unspecified atom stereocenters. The molecule has 0 saturated carbocycles. The van der Waals surface area contributed by atoms with E-state index in [0.29, 0.717) is 5.56 Å². The Labute approximate surface area is 200 Å². The van der Waals surface area contributed by atoms with Gasteiger partial charge in [-0.15, -0.1) is 4.33 Å². The minimum atomic E-state index is -4.20. The van der Waals surface area contributed by atoms with Gasteiger partial charge in [-0.05, 0) is 51.9 Å². The van der Waals surface area contributed by atoms with Gasteiger partial charge in [0.15, 0.2) is 0 Å². The molecule has 0 heterocycles. The fraction of sp³-hybridized carbons (Fsp3) is 0.0345. The molecule has 0 radical (unpaired) electrons. The Morgan fingerprint density at radius 1 is 0.618 bits per heavy atom. The van der Waals surface area contributed by atoms with Crippen LogP contribution in [0.25, 0.3) is 35.4 Å². The van der Waals surface area contributed by atoms with Gasteiger partial charge in [0.05, 0.1) is 0 Å². The Hall–Kier alpha value is -3.77. The van der Waals surface area contributed by atoms with Crippen molar-refractivity contribution in [2.75, 3.05) is 0 Å². The van der Waals surface area contributed by atoms with E-state index in [9.17, 15) is 8.42 Å². The summed E-state index contributed by atoms with van der Waals surface area (Å²) in [7, 11) is -4.20. The van der Waals surface area contributed by atoms with Crippen LogP contribution in [0, 0.1) is 6.92 Å². The molecule has 5 heteroatoms. The zero-order valence-electron chi connectivity index (χ0n) is 18.6. The van der Waals surface area contributed by atoms with Crippen molar-refractivity contribution in [2.24, 2.45) is 0 Å². The summed E-state index contributed by atoms with van der Waals surface area (Å²) in [4.78, 5) is -0.0954. The van der Waals surface area contributed by atoms with Gasteiger partial charge in [-0.1, -0.05) is 115 Å². The van der Waals surface area contributed by atoms with E-state index in [1.807, 2.05) is 42.5 Å². The number of rotatable bonds is 7. The number of hydrogen-bond acceptors (Lipinski definition) is 4. The van der Waals surface area contributed by atoms with Crippen LogP contribution >= 0.6 is 0 Å². The molecule has 0 fully saturated rings. The second-order valence-electron chi connectivity index (χ2n) is 7.83. The van der Waals surface area contributed by atoms with Crippen LogP contribution in [0.1, 0.15) is 27.8 Å². The Balaban J connectivity index is 1.48. The first-order chi connectivity index (χ1) is 16.5. The molecule has 0 aromatic heterocycles. The first-order valence-corrected chi connectivity index (χ1v) is 12.2. The van der Waals surface area contributed by atoms with Gasteiger partial charge in [-0.3, -0.25) is 0 Å². The maximum Gasteiger partial charge on any atom is 0.323 e. The van der Waals surface area contributed by atoms with Gasteiger partial charge in [-0.25, -0.2) is 5.26 Å². The average molecular weight is 469 g/mol. The predicted octanol–water partition coefficient (Wildman–Crippen LogP) is 7.18. The van der Waals surface area contributed by atoms with Crippen LogP contribution in [-0.2, 0) is 14.5 Å². The van der Waals surface area contributed by atoms with Gasteiger partial charge in [-0.2, -0.15) is 8.42 Å². The minimum Gasteiger partial charge on any atom is -0.235 e. The fourth-order valence-corrected chi connectivity index (χ4v) is 4.36. The predicted molar refractivity (Wildman–Crippen MR) is 138 cm³/mol. The van der Waals surface area contributed by atoms with Gasteiger partial charge >= 0.3 is 10.1 Å². The molecular formula is C29H24O4S. The molecule has 34 heavy (non-hydrogen) atoms. The van der Waals surface area contributed by atoms with Gasteiger partial charge in [0.1, 0.15) is 4.90 Å². The maximum atomic E-state index is 11.9. The van der Waals surface area contributed by atoms with Gasteiger partial charge in [0.2, 0.25) is 0 Å². The summed E-state index contributed by atoms with van der Waals surface area (Å²) in [5.41, 5.74) is 7.12. The van der Waals surface area contributed by atoms with E-state index in [-0.39, 0.29) is 4.90 Å². The molecule has 0 atom stereocenters. The molecule has 4 nitrogen and oxygen atoms in total. The Morgan fingerprint density at radius 3 is 1.62 bits per heavy atom. The third-order valence-corrected chi connectivity index (χ3v) is 6.65. The van der Waals surface area contributed by atoms with Crippen LogP contribution in [0.5, 0.6) is 0 Å². The van der Waals surface area contributed by atoms with Crippen molar-refractivity contribution in [3.8, 4) is 11.1 Å². The van der Waals surface area contributed by atoms with Gasteiger partial charge in [0, 0.05) is 0 Å². The summed E-state index contributed by atoms with van der Waals surface area (Å²) in [6.07, 6.45) is 7.73. The summed E-state index contributed by atoms with van der Waals surface area (Å²) in [6.45, 7) is 2.10. The van der Waals surface area contributed by atoms with E-state index >= 15 is 0 Å². The molecule has 4 aromatic rings. The molecule has 0 bridgehead atoms. The van der Waals surface area contributed by atoms with Crippen molar-refractivity contribution in [3.63, 3.8) is 0 Å². The second-order valence-corrected chi connectivity index (χ2v) is 9.33. The second kappa shape index (κ2) is 10.4. The highest BCUT2D eigenvalue weighted by Gasteiger charge is 2.17. The Bertz CT molecular complexity index is 1430. The summed E-state index contributed by atoms with van der Waals surface area (Å²) >= 11 is 0. The minimum absolute atomic E-state index is 0.0954. The molecule has 4 rings (SSSR count). The molecule has 0 aliphatic carbocycles. The van der Waals surface area contributed by atoms with Crippen LogP contribution < -0.4 is 0 Å². The fourth-order valence-electron chi connectivity index (χ4n) is 3.61. The van der Waals surface area contributed by atoms with Crippen molar-refractivity contribution in [2.45, 2.75) is 11.8 Å². The van der Waals surface area contributed by atoms with Crippen molar-refractivity contribution in [3.05, 3.63) is 125 Å². The van der Waals surface area contributed by atoms with Crippen molar-refractivity contribution < 1.29 is 18.0 Å². The topological polar surface area (TPSA) is 63.6 Å². The molecule has 4 aromatic carbocycles. The zero-order valence-corrected chi connectivity index (χ0v) is 19.4. The van der Waals surface area contributed by atoms with E-state index in [4.69, 9.17) is 5.26 Å². The molecule has 0 saturated heterocycles. The Morgan fingerprint density at radius 2 is 1.09 bits per heavy atom. The summed E-state index contributed by atoms with van der Waals surface area (Å²) in [5.74, 6) is 0. The third kappa shape index (κ3) is 5.58. The smallest absolute Gasteiger partial charge is 0.235 e. The van der Waals surface area contributed by atoms with E-state index in [2.05, 4.69) is 59.8 Å². The molecule has 0 amide bonds. The van der Waals surface area contributed by atoms with E-state index < -0.39 is 10.1 Å². The van der Waals surface area contributed by atoms with Crippen LogP contribution in [-0.4, -0.2) is 13.7 Å². The van der Waals surface area contributed by atoms with Gasteiger partial charge in [0.25, 0.3) is 0 Å². The summed E-state index contributed by atoms with van der Waals surface area (Å²) in [5, 5.41) is 8.69. The summed E-state index contributed by atoms with van der Waals surface area (Å²) in [6, 6.07) is 31.0. The van der Waals surface area contributed by atoms with Crippen LogP contribution in [0.4, 0.5) is 0 Å². The maximum absolute atomic E-state index is 11.9. The van der Waals surface area contributed by atoms with Crippen molar-refractivity contribution >= 4 is 34.4 Å². The third-order valence-electron chi connectivity index (χ3n) is 5.54. The molecular weight excluding hydrogens is 444 g/mol. The highest BCUT2D eigenvalue weighted by Crippen LogP contribution is 2.23. The molecule has 1 N–H and O–H groups in total. The van der Waals surface area contributed by atoms with Crippen molar-refractivity contribution in [1.29, 1.82) is 0 Å². The lowest BCUT2D eigenvalue weighted by atomic mass is 10.0. The molecule has 0 aliphatic heterocycles. The molecule has 170 valence electrons. The lowest BCUT2D eigenvalue weighted by Gasteiger charge is -2.05. The number of hydrogen-bond donors (Lipinski definition) is 1. The lowest BCUT2D eigenvalue weighted by molar-refractivity contribution is -0.130. The van der Waals surface area contributed by atoms with Crippen LogP contribution in [0.2, 0.25) is 0 Å². The highest BCUT2D eigenvalue weighted by molar-refractivity contribution is 7.86. The number of benzene rings is 4. The standard InChI is InChI=1S/C29H24O4S/c1-22-6-2-3-7-25(22)16-10-23-11-17-26(18-12-23)27-19-13-24(14-20-27)15-21-28-8-4-5-9-29(28)34(31,32)33-30/h2-21,30H,1H3/b16-10+,21-15+. The van der Waals surface area contributed by atoms with Crippen molar-refractivity contribution in [1.82, 2.24) is 0 Å². The van der Waals surface area contributed by atoms with Crippen LogP contribution in [0.15, 0.2) is 102 Å². The zero-order chi connectivity index (χ0) is 24.0. The quantitative estimate of drug-likeness (QED) is 0.177. The average Bonchev–Trinajstić information content (AvgIpc) is 2.88. The molecule has 0 aliphatic rings. The first kappa shape index (κ1) is 23.4. The monoisotopic (exact) mass is 468 g/mol. The largest absolute Gasteiger partial charge is 0.323 e. The molecule has 0 spiro atoms. The lowest BCUT2D eigenvalue weighted by Crippen LogP contribution is -2.04. The Kier molecular flexibility index (Phi) is 7.18. The number of aryl methyl sites for hydroxylation is 1. The normalized spacial score (nSPS) is 11.9. The van der Waals surface area contributed by atoms with E-state index in [1.54, 1.807) is 24.3 Å². The van der Waals surface area contributed by atoms with Gasteiger partial charge < -0.3 is 0 Å².